The van der Waals surface area contributed by atoms with Gasteiger partial charge >= 0.3 is 6.03 Å². The van der Waals surface area contributed by atoms with Crippen molar-refractivity contribution in [2.24, 2.45) is 0 Å². The van der Waals surface area contributed by atoms with Crippen LogP contribution >= 0.6 is 0 Å². The van der Waals surface area contributed by atoms with Gasteiger partial charge in [0.2, 0.25) is 5.91 Å². The normalized spacial score (nSPS) is 17.2. The van der Waals surface area contributed by atoms with Gasteiger partial charge < -0.3 is 20.3 Å². The number of para-hydroxylation sites is 2. The van der Waals surface area contributed by atoms with Crippen LogP contribution in [0.3, 0.4) is 0 Å². The number of hydrogen-bond acceptors (Lipinski definition) is 3. The topological polar surface area (TPSA) is 70.7 Å². The minimum absolute atomic E-state index is 0.0507. The van der Waals surface area contributed by atoms with E-state index in [0.29, 0.717) is 43.8 Å². The third-order valence-corrected chi connectivity index (χ3v) is 6.47. The molecule has 2 aliphatic heterocycles. The van der Waals surface area contributed by atoms with Crippen LogP contribution in [0.5, 0.6) is 5.75 Å². The molecule has 0 aromatic heterocycles. The van der Waals surface area contributed by atoms with Crippen molar-refractivity contribution >= 4 is 28.4 Å². The maximum Gasteiger partial charge on any atom is 0.321 e. The van der Waals surface area contributed by atoms with Gasteiger partial charge in [-0.3, -0.25) is 4.79 Å². The van der Waals surface area contributed by atoms with E-state index < -0.39 is 5.54 Å². The number of nitrogens with zero attached hydrogens (tertiary/aromatic N) is 1. The highest BCUT2D eigenvalue weighted by Crippen LogP contribution is 2.40. The number of piperidine rings is 1. The van der Waals surface area contributed by atoms with E-state index in [1.54, 1.807) is 12.0 Å². The number of benzene rings is 3. The number of carbonyl (C=O) groups excluding carboxylic acids is 2. The van der Waals surface area contributed by atoms with Crippen molar-refractivity contribution in [3.8, 4) is 5.75 Å². The summed E-state index contributed by atoms with van der Waals surface area (Å²) >= 11 is 0. The van der Waals surface area contributed by atoms with Gasteiger partial charge in [-0.1, -0.05) is 42.5 Å². The molecule has 0 bridgehead atoms. The second-order valence-electron chi connectivity index (χ2n) is 8.28. The van der Waals surface area contributed by atoms with E-state index in [0.717, 1.165) is 10.9 Å². The maximum atomic E-state index is 12.9. The Morgan fingerprint density at radius 1 is 1.03 bits per heavy atom. The van der Waals surface area contributed by atoms with Crippen LogP contribution in [0.4, 0.5) is 10.5 Å². The van der Waals surface area contributed by atoms with Gasteiger partial charge in [0.15, 0.2) is 0 Å². The van der Waals surface area contributed by atoms with Crippen LogP contribution in [0, 0.1) is 0 Å². The van der Waals surface area contributed by atoms with Gasteiger partial charge in [-0.15, -0.1) is 0 Å². The lowest BCUT2D eigenvalue weighted by molar-refractivity contribution is -0.123. The van der Waals surface area contributed by atoms with Gasteiger partial charge in [-0.25, -0.2) is 4.79 Å². The quantitative estimate of drug-likeness (QED) is 0.664. The van der Waals surface area contributed by atoms with E-state index in [-0.39, 0.29) is 11.9 Å². The number of rotatable bonds is 2. The molecule has 0 saturated carbocycles. The molecule has 2 heterocycles. The zero-order chi connectivity index (χ0) is 21.4. The van der Waals surface area contributed by atoms with Gasteiger partial charge in [-0.05, 0) is 52.9 Å². The number of carbonyl (C=O) groups is 2. The highest BCUT2D eigenvalue weighted by atomic mass is 16.5. The van der Waals surface area contributed by atoms with Gasteiger partial charge in [0.25, 0.3) is 0 Å². The molecule has 0 radical (unpaired) electrons. The summed E-state index contributed by atoms with van der Waals surface area (Å²) in [6, 6.07) is 19.8. The van der Waals surface area contributed by atoms with Gasteiger partial charge in [0.05, 0.1) is 24.8 Å². The summed E-state index contributed by atoms with van der Waals surface area (Å²) < 4.78 is 5.33. The van der Waals surface area contributed by atoms with E-state index in [4.69, 9.17) is 4.74 Å². The van der Waals surface area contributed by atoms with Crippen molar-refractivity contribution in [3.05, 3.63) is 71.8 Å². The Morgan fingerprint density at radius 3 is 2.45 bits per heavy atom. The molecule has 2 aliphatic rings. The van der Waals surface area contributed by atoms with Crippen molar-refractivity contribution in [1.82, 2.24) is 10.2 Å². The Morgan fingerprint density at radius 2 is 1.71 bits per heavy atom. The summed E-state index contributed by atoms with van der Waals surface area (Å²) in [7, 11) is 1.59. The molecular formula is C25H25N3O3. The molecule has 3 aromatic rings. The van der Waals surface area contributed by atoms with Crippen molar-refractivity contribution in [3.63, 3.8) is 0 Å². The van der Waals surface area contributed by atoms with E-state index in [1.807, 2.05) is 36.4 Å². The lowest BCUT2D eigenvalue weighted by Gasteiger charge is -2.45. The Labute approximate surface area is 181 Å². The summed E-state index contributed by atoms with van der Waals surface area (Å²) in [5, 5.41) is 8.54. The molecule has 31 heavy (non-hydrogen) atoms. The minimum atomic E-state index is -0.421. The van der Waals surface area contributed by atoms with Gasteiger partial charge in [-0.2, -0.15) is 0 Å². The molecule has 5 rings (SSSR count). The Kier molecular flexibility index (Phi) is 4.77. The fraction of sp³-hybridized carbons (Fsp3) is 0.280. The molecule has 0 atom stereocenters. The molecule has 6 heteroatoms. The molecule has 1 fully saturated rings. The first-order chi connectivity index (χ1) is 15.1. The zero-order valence-corrected chi connectivity index (χ0v) is 17.5. The SMILES string of the molecule is COc1ccccc1NC(=O)N1CCC2(CC1)NC(=O)Cc1cc3ccccc3cc12. The largest absolute Gasteiger partial charge is 0.495 e. The van der Waals surface area contributed by atoms with Gasteiger partial charge in [0.1, 0.15) is 5.75 Å². The third kappa shape index (κ3) is 3.48. The molecular weight excluding hydrogens is 390 g/mol. The van der Waals surface area contributed by atoms with Crippen LogP contribution < -0.4 is 15.4 Å². The molecule has 0 aliphatic carbocycles. The van der Waals surface area contributed by atoms with E-state index in [1.165, 1.54) is 10.9 Å². The van der Waals surface area contributed by atoms with Crippen molar-refractivity contribution in [1.29, 1.82) is 0 Å². The average Bonchev–Trinajstić information content (AvgIpc) is 2.79. The van der Waals surface area contributed by atoms with Crippen molar-refractivity contribution in [2.45, 2.75) is 24.8 Å². The molecule has 158 valence electrons. The van der Waals surface area contributed by atoms with Crippen LogP contribution in [0.1, 0.15) is 24.0 Å². The number of hydrogen-bond donors (Lipinski definition) is 2. The summed E-state index contributed by atoms with van der Waals surface area (Å²) in [5.74, 6) is 0.680. The Hall–Kier alpha value is -3.54. The number of amides is 3. The van der Waals surface area contributed by atoms with E-state index in [2.05, 4.69) is 34.9 Å². The fourth-order valence-electron chi connectivity index (χ4n) is 4.86. The lowest BCUT2D eigenvalue weighted by Crippen LogP contribution is -2.57. The van der Waals surface area contributed by atoms with E-state index in [9.17, 15) is 9.59 Å². The first kappa shape index (κ1) is 19.4. The number of anilines is 1. The van der Waals surface area contributed by atoms with Crippen LogP contribution in [0.2, 0.25) is 0 Å². The molecule has 6 nitrogen and oxygen atoms in total. The number of nitrogens with one attached hydrogen (secondary N) is 2. The summed E-state index contributed by atoms with van der Waals surface area (Å²) in [6.45, 7) is 1.13. The number of urea groups is 1. The molecule has 2 N–H and O–H groups in total. The number of methoxy groups -OCH3 is 1. The smallest absolute Gasteiger partial charge is 0.321 e. The zero-order valence-electron chi connectivity index (χ0n) is 17.5. The minimum Gasteiger partial charge on any atom is -0.495 e. The van der Waals surface area contributed by atoms with Crippen LogP contribution in [0.25, 0.3) is 10.8 Å². The Bertz CT molecular complexity index is 1170. The van der Waals surface area contributed by atoms with Crippen LogP contribution in [-0.4, -0.2) is 37.0 Å². The number of ether oxygens (including phenoxy) is 1. The molecule has 0 unspecified atom stereocenters. The van der Waals surface area contributed by atoms with Crippen LogP contribution in [0.15, 0.2) is 60.7 Å². The van der Waals surface area contributed by atoms with E-state index >= 15 is 0 Å². The monoisotopic (exact) mass is 415 g/mol. The highest BCUT2D eigenvalue weighted by molar-refractivity contribution is 5.92. The molecule has 3 amide bonds. The second-order valence-corrected chi connectivity index (χ2v) is 8.28. The molecule has 1 spiro atoms. The average molecular weight is 415 g/mol. The predicted octanol–water partition coefficient (Wildman–Crippen LogP) is 4.04. The summed E-state index contributed by atoms with van der Waals surface area (Å²) in [4.78, 5) is 27.2. The molecule has 1 saturated heterocycles. The fourth-order valence-corrected chi connectivity index (χ4v) is 4.86. The van der Waals surface area contributed by atoms with Crippen molar-refractivity contribution < 1.29 is 14.3 Å². The second kappa shape index (κ2) is 7.61. The van der Waals surface area contributed by atoms with Crippen LogP contribution in [-0.2, 0) is 16.8 Å². The van der Waals surface area contributed by atoms with Gasteiger partial charge in [0, 0.05) is 13.1 Å². The molecule has 3 aromatic carbocycles. The summed E-state index contributed by atoms with van der Waals surface area (Å²) in [5.41, 5.74) is 2.51. The third-order valence-electron chi connectivity index (χ3n) is 6.47. The highest BCUT2D eigenvalue weighted by Gasteiger charge is 2.42. The Balaban J connectivity index is 1.38. The standard InChI is InChI=1S/C25H25N3O3/c1-31-22-9-5-4-8-21(22)26-24(30)28-12-10-25(11-13-28)20-15-18-7-3-2-6-17(18)14-19(20)16-23(29)27-25/h2-9,14-15H,10-13,16H2,1H3,(H,26,30)(H,27,29). The summed E-state index contributed by atoms with van der Waals surface area (Å²) in [6.07, 6.45) is 1.77. The first-order valence-electron chi connectivity index (χ1n) is 10.6. The number of fused-ring (bicyclic) bond motifs is 3. The predicted molar refractivity (Wildman–Crippen MR) is 120 cm³/mol. The lowest BCUT2D eigenvalue weighted by atomic mass is 9.75. The number of likely N-dealkylation sites (tertiary alicyclic amines) is 1. The maximum absolute atomic E-state index is 12.9. The first-order valence-corrected chi connectivity index (χ1v) is 10.6. The van der Waals surface area contributed by atoms with Crippen molar-refractivity contribution in [2.75, 3.05) is 25.5 Å².